The molecule has 0 amide bonds. The van der Waals surface area contributed by atoms with E-state index in [1.165, 1.54) is 5.56 Å². The van der Waals surface area contributed by atoms with Gasteiger partial charge in [0.2, 0.25) is 0 Å². The molecule has 5 nitrogen and oxygen atoms in total. The van der Waals surface area contributed by atoms with E-state index in [1.807, 2.05) is 18.2 Å². The number of ether oxygens (including phenoxy) is 2. The smallest absolute Gasteiger partial charge is 0.187 e. The van der Waals surface area contributed by atoms with Gasteiger partial charge in [0, 0.05) is 19.6 Å². The van der Waals surface area contributed by atoms with E-state index in [0.29, 0.717) is 18.2 Å². The lowest BCUT2D eigenvalue weighted by atomic mass is 9.59. The van der Waals surface area contributed by atoms with Crippen LogP contribution in [0.2, 0.25) is 0 Å². The number of methoxy groups -OCH3 is 1. The van der Waals surface area contributed by atoms with Gasteiger partial charge in [-0.15, -0.1) is 0 Å². The molecule has 0 bridgehead atoms. The fourth-order valence-electron chi connectivity index (χ4n) is 6.14. The van der Waals surface area contributed by atoms with Crippen molar-refractivity contribution in [3.8, 4) is 11.8 Å². The van der Waals surface area contributed by atoms with Crippen LogP contribution in [0, 0.1) is 29.7 Å². The molecular formula is C29H35N3O2. The molecule has 2 aliphatic rings. The van der Waals surface area contributed by atoms with Gasteiger partial charge in [0.15, 0.2) is 5.69 Å². The summed E-state index contributed by atoms with van der Waals surface area (Å²) < 4.78 is 11.7. The molecule has 0 radical (unpaired) electrons. The number of likely N-dealkylation sites (tertiary alicyclic amines) is 1. The maximum absolute atomic E-state index is 10.7. The second-order valence-corrected chi connectivity index (χ2v) is 9.58. The lowest BCUT2D eigenvalue weighted by Crippen LogP contribution is -2.49. The molecule has 178 valence electrons. The van der Waals surface area contributed by atoms with Crippen LogP contribution in [-0.2, 0) is 10.2 Å². The van der Waals surface area contributed by atoms with Crippen LogP contribution in [0.25, 0.3) is 4.85 Å². The van der Waals surface area contributed by atoms with E-state index in [2.05, 4.69) is 40.1 Å². The van der Waals surface area contributed by atoms with Crippen molar-refractivity contribution in [1.29, 1.82) is 5.26 Å². The molecule has 3 atom stereocenters. The number of nitriles is 1. The summed E-state index contributed by atoms with van der Waals surface area (Å²) in [4.78, 5) is 5.92. The lowest BCUT2D eigenvalue weighted by molar-refractivity contribution is 0.0205. The minimum absolute atomic E-state index is 0.166. The average Bonchev–Trinajstić information content (AvgIpc) is 3.38. The number of rotatable bonds is 9. The highest BCUT2D eigenvalue weighted by Gasteiger charge is 2.52. The van der Waals surface area contributed by atoms with E-state index in [0.717, 1.165) is 63.9 Å². The monoisotopic (exact) mass is 457 g/mol. The summed E-state index contributed by atoms with van der Waals surface area (Å²) in [5.74, 6) is 1.41. The summed E-state index contributed by atoms with van der Waals surface area (Å²) in [7, 11) is 1.81. The normalized spacial score (nSPS) is 23.0. The first-order valence-corrected chi connectivity index (χ1v) is 12.5. The van der Waals surface area contributed by atoms with Crippen molar-refractivity contribution in [3.05, 3.63) is 71.6 Å². The molecule has 2 aromatic rings. The molecule has 4 rings (SSSR count). The highest BCUT2D eigenvalue weighted by Crippen LogP contribution is 2.50. The zero-order valence-corrected chi connectivity index (χ0v) is 20.2. The molecule has 34 heavy (non-hydrogen) atoms. The summed E-state index contributed by atoms with van der Waals surface area (Å²) in [5, 5.41) is 10.7. The van der Waals surface area contributed by atoms with Gasteiger partial charge < -0.3 is 14.4 Å². The molecule has 1 saturated heterocycles. The van der Waals surface area contributed by atoms with Crippen LogP contribution in [0.1, 0.15) is 44.1 Å². The molecule has 0 N–H and O–H groups in total. The quantitative estimate of drug-likeness (QED) is 0.343. The second kappa shape index (κ2) is 11.5. The SMILES string of the molecule is [C-]#[N+]c1ccc(OCCCN2CCC(C(C#N)(c3ccccc3)[C@@H]3CCC[C@@H]3OC)CC2)cc1. The van der Waals surface area contributed by atoms with Gasteiger partial charge in [-0.3, -0.25) is 0 Å². The Kier molecular flexibility index (Phi) is 8.22. The maximum Gasteiger partial charge on any atom is 0.187 e. The highest BCUT2D eigenvalue weighted by molar-refractivity contribution is 5.47. The van der Waals surface area contributed by atoms with Crippen LogP contribution >= 0.6 is 0 Å². The molecule has 1 saturated carbocycles. The molecule has 1 unspecified atom stereocenters. The Labute approximate surface area is 204 Å². The van der Waals surface area contributed by atoms with Crippen molar-refractivity contribution in [2.75, 3.05) is 33.4 Å². The summed E-state index contributed by atoms with van der Waals surface area (Å²) in [6.45, 7) is 10.7. The predicted molar refractivity (Wildman–Crippen MR) is 134 cm³/mol. The summed E-state index contributed by atoms with van der Waals surface area (Å²) in [6, 6.07) is 20.7. The van der Waals surface area contributed by atoms with Gasteiger partial charge >= 0.3 is 0 Å². The van der Waals surface area contributed by atoms with Crippen LogP contribution < -0.4 is 4.74 Å². The first-order chi connectivity index (χ1) is 16.7. The zero-order valence-electron chi connectivity index (χ0n) is 20.2. The van der Waals surface area contributed by atoms with E-state index in [-0.39, 0.29) is 12.0 Å². The Morgan fingerprint density at radius 1 is 1.06 bits per heavy atom. The molecular weight excluding hydrogens is 422 g/mol. The first-order valence-electron chi connectivity index (χ1n) is 12.5. The van der Waals surface area contributed by atoms with Crippen LogP contribution in [0.4, 0.5) is 5.69 Å². The molecule has 1 aliphatic heterocycles. The third-order valence-electron chi connectivity index (χ3n) is 7.86. The van der Waals surface area contributed by atoms with Gasteiger partial charge in [-0.2, -0.15) is 5.26 Å². The Hall–Kier alpha value is -2.86. The van der Waals surface area contributed by atoms with Crippen molar-refractivity contribution in [2.45, 2.75) is 50.0 Å². The molecule has 5 heteroatoms. The minimum atomic E-state index is -0.481. The number of hydrogen-bond acceptors (Lipinski definition) is 4. The summed E-state index contributed by atoms with van der Waals surface area (Å²) in [6.07, 6.45) is 6.46. The van der Waals surface area contributed by atoms with Gasteiger partial charge in [0.1, 0.15) is 5.75 Å². The lowest BCUT2D eigenvalue weighted by Gasteiger charge is -2.45. The molecule has 2 fully saturated rings. The maximum atomic E-state index is 10.7. The van der Waals surface area contributed by atoms with Crippen molar-refractivity contribution in [2.24, 2.45) is 11.8 Å². The standard InChI is InChI=1S/C29H35N3O2/c1-31-25-12-14-26(15-13-25)34-21-7-18-32-19-16-24(17-20-32)29(22-30,23-8-4-3-5-9-23)27-10-6-11-28(27)33-2/h3-5,8-9,12-15,24,27-28H,6-7,10-11,16-21H2,2H3/t27-,28+,29?/m1/s1. The fourth-order valence-corrected chi connectivity index (χ4v) is 6.14. The first kappa shape index (κ1) is 24.3. The molecule has 1 aliphatic carbocycles. The van der Waals surface area contributed by atoms with Crippen LogP contribution in [0.3, 0.4) is 0 Å². The van der Waals surface area contributed by atoms with E-state index < -0.39 is 5.41 Å². The van der Waals surface area contributed by atoms with Gasteiger partial charge in [-0.05, 0) is 68.8 Å². The van der Waals surface area contributed by atoms with E-state index >= 15 is 0 Å². The zero-order chi connectivity index (χ0) is 23.8. The average molecular weight is 458 g/mol. The van der Waals surface area contributed by atoms with Crippen molar-refractivity contribution >= 4 is 5.69 Å². The minimum Gasteiger partial charge on any atom is -0.494 e. The van der Waals surface area contributed by atoms with Crippen LogP contribution in [0.5, 0.6) is 5.75 Å². The second-order valence-electron chi connectivity index (χ2n) is 9.58. The Balaban J connectivity index is 1.35. The van der Waals surface area contributed by atoms with Gasteiger partial charge in [0.25, 0.3) is 0 Å². The third-order valence-corrected chi connectivity index (χ3v) is 7.86. The Morgan fingerprint density at radius 3 is 2.44 bits per heavy atom. The largest absolute Gasteiger partial charge is 0.494 e. The fraction of sp³-hybridized carbons (Fsp3) is 0.517. The van der Waals surface area contributed by atoms with Gasteiger partial charge in [-0.1, -0.05) is 48.9 Å². The highest BCUT2D eigenvalue weighted by atomic mass is 16.5. The van der Waals surface area contributed by atoms with Crippen molar-refractivity contribution in [1.82, 2.24) is 4.90 Å². The third kappa shape index (κ3) is 5.12. The molecule has 1 heterocycles. The van der Waals surface area contributed by atoms with E-state index in [1.54, 1.807) is 19.2 Å². The van der Waals surface area contributed by atoms with Crippen molar-refractivity contribution in [3.63, 3.8) is 0 Å². The Morgan fingerprint density at radius 2 is 1.79 bits per heavy atom. The van der Waals surface area contributed by atoms with Crippen LogP contribution in [-0.4, -0.2) is 44.4 Å². The Bertz CT molecular complexity index is 987. The number of hydrogen-bond donors (Lipinski definition) is 0. The van der Waals surface area contributed by atoms with Gasteiger partial charge in [-0.25, -0.2) is 4.85 Å². The van der Waals surface area contributed by atoms with Crippen LogP contribution in [0.15, 0.2) is 54.6 Å². The molecule has 0 spiro atoms. The molecule has 2 aromatic carbocycles. The van der Waals surface area contributed by atoms with Crippen molar-refractivity contribution < 1.29 is 9.47 Å². The summed E-state index contributed by atoms with van der Waals surface area (Å²) >= 11 is 0. The molecule has 0 aromatic heterocycles. The summed E-state index contributed by atoms with van der Waals surface area (Å²) in [5.41, 5.74) is 1.32. The van der Waals surface area contributed by atoms with E-state index in [4.69, 9.17) is 16.0 Å². The van der Waals surface area contributed by atoms with Gasteiger partial charge in [0.05, 0.1) is 30.8 Å². The number of benzene rings is 2. The van der Waals surface area contributed by atoms with E-state index in [9.17, 15) is 5.26 Å². The number of nitrogens with zero attached hydrogens (tertiary/aromatic N) is 3. The predicted octanol–water partition coefficient (Wildman–Crippen LogP) is 5.99. The topological polar surface area (TPSA) is 49.8 Å². The number of piperidine rings is 1.